The van der Waals surface area contributed by atoms with Gasteiger partial charge in [-0.05, 0) is 35.4 Å². The highest BCUT2D eigenvalue weighted by Gasteiger charge is 2.31. The largest absolute Gasteiger partial charge is 0.379 e. The van der Waals surface area contributed by atoms with Crippen molar-refractivity contribution < 1.29 is 19.1 Å². The molecule has 2 N–H and O–H groups in total. The lowest BCUT2D eigenvalue weighted by Gasteiger charge is -2.25. The summed E-state index contributed by atoms with van der Waals surface area (Å²) in [6.07, 6.45) is 3.77. The van der Waals surface area contributed by atoms with Gasteiger partial charge in [-0.3, -0.25) is 24.2 Å². The van der Waals surface area contributed by atoms with E-state index in [9.17, 15) is 14.4 Å². The normalized spacial score (nSPS) is 20.6. The smallest absolute Gasteiger partial charge is 0.289 e. The number of fused-ring (bicyclic) bond motifs is 1. The summed E-state index contributed by atoms with van der Waals surface area (Å²) in [4.78, 5) is 43.3. The molecule has 0 aliphatic carbocycles. The van der Waals surface area contributed by atoms with E-state index in [2.05, 4.69) is 21.3 Å². The zero-order chi connectivity index (χ0) is 21.4. The number of amides is 3. The van der Waals surface area contributed by atoms with Gasteiger partial charge in [-0.25, -0.2) is 0 Å². The van der Waals surface area contributed by atoms with E-state index in [1.54, 1.807) is 0 Å². The van der Waals surface area contributed by atoms with Crippen molar-refractivity contribution in [3.05, 3.63) is 52.8 Å². The number of nitrogens with zero attached hydrogens (tertiary/aromatic N) is 2. The van der Waals surface area contributed by atoms with E-state index < -0.39 is 0 Å². The maximum atomic E-state index is 12.6. The summed E-state index contributed by atoms with van der Waals surface area (Å²) in [6, 6.07) is 7.59. The molecule has 4 heterocycles. The van der Waals surface area contributed by atoms with Gasteiger partial charge in [-0.1, -0.05) is 17.8 Å². The third kappa shape index (κ3) is 4.16. The van der Waals surface area contributed by atoms with Gasteiger partial charge in [0.25, 0.3) is 11.1 Å². The lowest BCUT2D eigenvalue weighted by molar-refractivity contribution is -0.125. The van der Waals surface area contributed by atoms with E-state index in [1.165, 1.54) is 4.90 Å². The Bertz CT molecular complexity index is 1070. The van der Waals surface area contributed by atoms with Crippen LogP contribution in [0.1, 0.15) is 22.4 Å². The monoisotopic (exact) mass is 438 g/mol. The summed E-state index contributed by atoms with van der Waals surface area (Å²) in [5, 5.41) is 2.66. The number of hydrogen-bond donors (Lipinski definition) is 2. The molecule has 1 aromatic carbocycles. The van der Waals surface area contributed by atoms with Gasteiger partial charge in [0.1, 0.15) is 0 Å². The average Bonchev–Trinajstić information content (AvgIpc) is 3.43. The Balaban J connectivity index is 1.36. The quantitative estimate of drug-likeness (QED) is 0.697. The van der Waals surface area contributed by atoms with Crippen molar-refractivity contribution in [1.29, 1.82) is 0 Å². The molecule has 1 aromatic heterocycles. The molecule has 0 radical (unpaired) electrons. The first-order chi connectivity index (χ1) is 15.1. The SMILES string of the molecule is O=C1Nc2ccc(CN3C(=O)CSC3=O)cc2/C1=C/c1c[nH]c(CN2CCOCC2)c1. The average molecular weight is 439 g/mol. The number of carbonyl (C=O) groups is 3. The molecule has 9 heteroatoms. The van der Waals surface area contributed by atoms with E-state index in [-0.39, 0.29) is 29.4 Å². The van der Waals surface area contributed by atoms with Crippen LogP contribution in [-0.2, 0) is 27.4 Å². The van der Waals surface area contributed by atoms with Crippen molar-refractivity contribution in [1.82, 2.24) is 14.8 Å². The van der Waals surface area contributed by atoms with Crippen LogP contribution in [0.15, 0.2) is 30.5 Å². The summed E-state index contributed by atoms with van der Waals surface area (Å²) in [7, 11) is 0. The summed E-state index contributed by atoms with van der Waals surface area (Å²) in [5.41, 5.74) is 4.91. The van der Waals surface area contributed by atoms with Gasteiger partial charge in [0.2, 0.25) is 5.91 Å². The first-order valence-corrected chi connectivity index (χ1v) is 11.2. The molecular weight excluding hydrogens is 416 g/mol. The highest BCUT2D eigenvalue weighted by molar-refractivity contribution is 8.14. The molecule has 160 valence electrons. The highest BCUT2D eigenvalue weighted by atomic mass is 32.2. The lowest BCUT2D eigenvalue weighted by Crippen LogP contribution is -2.35. The molecule has 3 aliphatic heterocycles. The van der Waals surface area contributed by atoms with Crippen LogP contribution in [0.2, 0.25) is 0 Å². The van der Waals surface area contributed by atoms with Crippen LogP contribution in [0.3, 0.4) is 0 Å². The van der Waals surface area contributed by atoms with Gasteiger partial charge in [0.15, 0.2) is 0 Å². The van der Waals surface area contributed by atoms with Crippen molar-refractivity contribution in [3.8, 4) is 0 Å². The lowest BCUT2D eigenvalue weighted by atomic mass is 10.0. The number of benzene rings is 1. The number of aromatic nitrogens is 1. The molecule has 0 atom stereocenters. The molecule has 0 spiro atoms. The fourth-order valence-corrected chi connectivity index (χ4v) is 4.72. The number of morpholine rings is 1. The fraction of sp³-hybridized carbons (Fsp3) is 0.318. The Morgan fingerprint density at radius 1 is 1.10 bits per heavy atom. The first kappa shape index (κ1) is 20.0. The highest BCUT2D eigenvalue weighted by Crippen LogP contribution is 2.34. The van der Waals surface area contributed by atoms with Gasteiger partial charge in [0, 0.05) is 48.3 Å². The number of carbonyl (C=O) groups excluding carboxylic acids is 3. The van der Waals surface area contributed by atoms with Gasteiger partial charge < -0.3 is 15.0 Å². The first-order valence-electron chi connectivity index (χ1n) is 10.2. The number of nitrogens with one attached hydrogen (secondary N) is 2. The van der Waals surface area contributed by atoms with Gasteiger partial charge in [0.05, 0.1) is 25.5 Å². The summed E-state index contributed by atoms with van der Waals surface area (Å²) < 4.78 is 5.39. The summed E-state index contributed by atoms with van der Waals surface area (Å²) in [5.74, 6) is -0.151. The van der Waals surface area contributed by atoms with Crippen LogP contribution >= 0.6 is 11.8 Å². The van der Waals surface area contributed by atoms with Crippen LogP contribution < -0.4 is 5.32 Å². The predicted molar refractivity (Wildman–Crippen MR) is 118 cm³/mol. The van der Waals surface area contributed by atoms with E-state index in [0.717, 1.165) is 72.7 Å². The Morgan fingerprint density at radius 3 is 2.71 bits per heavy atom. The van der Waals surface area contributed by atoms with Crippen molar-refractivity contribution >= 4 is 46.2 Å². The number of H-pyrrole nitrogens is 1. The van der Waals surface area contributed by atoms with Crippen LogP contribution in [-0.4, -0.2) is 63.9 Å². The van der Waals surface area contributed by atoms with Crippen molar-refractivity contribution in [3.63, 3.8) is 0 Å². The molecule has 5 rings (SSSR count). The third-order valence-electron chi connectivity index (χ3n) is 5.62. The summed E-state index contributed by atoms with van der Waals surface area (Å²) >= 11 is 1.02. The summed E-state index contributed by atoms with van der Waals surface area (Å²) in [6.45, 7) is 4.36. The number of rotatable bonds is 5. The molecule has 3 aliphatic rings. The molecule has 8 nitrogen and oxygen atoms in total. The Hall–Kier alpha value is -2.88. The molecule has 2 saturated heterocycles. The number of imide groups is 1. The van der Waals surface area contributed by atoms with Gasteiger partial charge >= 0.3 is 0 Å². The van der Waals surface area contributed by atoms with E-state index in [4.69, 9.17) is 4.74 Å². The molecule has 2 aromatic rings. The minimum atomic E-state index is -0.226. The zero-order valence-electron chi connectivity index (χ0n) is 16.8. The Kier molecular flexibility index (Phi) is 5.39. The number of aromatic amines is 1. The van der Waals surface area contributed by atoms with Gasteiger partial charge in [-0.15, -0.1) is 0 Å². The molecule has 0 unspecified atom stereocenters. The number of anilines is 1. The molecule has 3 amide bonds. The standard InChI is InChI=1S/C22H22N4O4S/c27-20-13-31-22(29)26(20)11-14-1-2-19-17(8-14)18(21(28)24-19)9-15-7-16(23-10-15)12-25-3-5-30-6-4-25/h1-2,7-10,23H,3-6,11-13H2,(H,24,28)/b18-9-. The molecule has 0 bridgehead atoms. The second kappa shape index (κ2) is 8.33. The topological polar surface area (TPSA) is 94.7 Å². The minimum Gasteiger partial charge on any atom is -0.379 e. The second-order valence-electron chi connectivity index (χ2n) is 7.77. The van der Waals surface area contributed by atoms with Crippen LogP contribution in [0.25, 0.3) is 11.6 Å². The number of ether oxygens (including phenoxy) is 1. The fourth-order valence-electron chi connectivity index (χ4n) is 4.00. The van der Waals surface area contributed by atoms with Crippen molar-refractivity contribution in [2.24, 2.45) is 0 Å². The number of thioether (sulfide) groups is 1. The molecular formula is C22H22N4O4S. The third-order valence-corrected chi connectivity index (χ3v) is 6.48. The Morgan fingerprint density at radius 2 is 1.94 bits per heavy atom. The van der Waals surface area contributed by atoms with Crippen LogP contribution in [0.5, 0.6) is 0 Å². The zero-order valence-corrected chi connectivity index (χ0v) is 17.7. The number of hydrogen-bond acceptors (Lipinski definition) is 6. The van der Waals surface area contributed by atoms with Crippen molar-refractivity contribution in [2.45, 2.75) is 13.1 Å². The van der Waals surface area contributed by atoms with E-state index in [1.807, 2.05) is 30.5 Å². The minimum absolute atomic E-state index is 0.160. The van der Waals surface area contributed by atoms with Crippen LogP contribution in [0.4, 0.5) is 10.5 Å². The van der Waals surface area contributed by atoms with E-state index in [0.29, 0.717) is 5.57 Å². The molecule has 31 heavy (non-hydrogen) atoms. The maximum absolute atomic E-state index is 12.6. The van der Waals surface area contributed by atoms with Gasteiger partial charge in [-0.2, -0.15) is 0 Å². The Labute approximate surface area is 183 Å². The molecule has 2 fully saturated rings. The maximum Gasteiger partial charge on any atom is 0.289 e. The van der Waals surface area contributed by atoms with Crippen LogP contribution in [0, 0.1) is 0 Å². The second-order valence-corrected chi connectivity index (χ2v) is 8.70. The van der Waals surface area contributed by atoms with E-state index >= 15 is 0 Å². The molecule has 0 saturated carbocycles. The predicted octanol–water partition coefficient (Wildman–Crippen LogP) is 2.54. The van der Waals surface area contributed by atoms with Crippen molar-refractivity contribution in [2.75, 3.05) is 37.4 Å².